The number of hydrogen-bond donors (Lipinski definition) is 1. The van der Waals surface area contributed by atoms with Gasteiger partial charge in [-0.3, -0.25) is 4.79 Å². The highest BCUT2D eigenvalue weighted by Crippen LogP contribution is 2.36. The molecule has 0 atom stereocenters. The van der Waals surface area contributed by atoms with E-state index in [0.717, 1.165) is 36.1 Å². The van der Waals surface area contributed by atoms with Crippen LogP contribution >= 0.6 is 0 Å². The van der Waals surface area contributed by atoms with Crippen molar-refractivity contribution in [3.05, 3.63) is 12.3 Å². The lowest BCUT2D eigenvalue weighted by molar-refractivity contribution is -0.124. The quantitative estimate of drug-likeness (QED) is 0.453. The smallest absolute Gasteiger partial charge is 0.250 e. The van der Waals surface area contributed by atoms with Gasteiger partial charge in [0.25, 0.3) is 0 Å². The fourth-order valence-electron chi connectivity index (χ4n) is 5.33. The van der Waals surface area contributed by atoms with Crippen molar-refractivity contribution in [2.75, 3.05) is 13.7 Å². The van der Waals surface area contributed by atoms with Gasteiger partial charge < -0.3 is 10.1 Å². The number of rotatable bonds is 8. The Hall–Kier alpha value is -0.765. The monoisotopic (exact) mass is 402 g/mol. The highest BCUT2D eigenvalue weighted by molar-refractivity contribution is 6.39. The molecular weight excluding hydrogens is 357 g/mol. The van der Waals surface area contributed by atoms with Crippen LogP contribution in [0.15, 0.2) is 12.3 Å². The molecule has 0 aromatic rings. The summed E-state index contributed by atoms with van der Waals surface area (Å²) in [6.07, 6.45) is 23.3. The molecule has 29 heavy (non-hydrogen) atoms. The second-order valence-corrected chi connectivity index (χ2v) is 9.62. The predicted octanol–water partition coefficient (Wildman–Crippen LogP) is 6.82. The van der Waals surface area contributed by atoms with Gasteiger partial charge in [0, 0.05) is 12.8 Å². The van der Waals surface area contributed by atoms with Gasteiger partial charge in [0.1, 0.15) is 13.9 Å². The zero-order valence-electron chi connectivity index (χ0n) is 19.1. The van der Waals surface area contributed by atoms with Crippen molar-refractivity contribution >= 4 is 13.2 Å². The molecule has 2 fully saturated rings. The summed E-state index contributed by atoms with van der Waals surface area (Å²) in [6, 6.07) is 0. The van der Waals surface area contributed by atoms with E-state index >= 15 is 0 Å². The van der Waals surface area contributed by atoms with Gasteiger partial charge in [-0.1, -0.05) is 115 Å². The van der Waals surface area contributed by atoms with Crippen LogP contribution in [0, 0.1) is 5.92 Å². The Labute approximate surface area is 181 Å². The van der Waals surface area contributed by atoms with Gasteiger partial charge in [0.05, 0.1) is 0 Å². The van der Waals surface area contributed by atoms with E-state index in [-0.39, 0.29) is 12.5 Å². The highest BCUT2D eigenvalue weighted by atomic mass is 16.5. The Morgan fingerprint density at radius 2 is 1.38 bits per heavy atom. The molecule has 0 aromatic carbocycles. The van der Waals surface area contributed by atoms with Crippen molar-refractivity contribution in [3.8, 4) is 0 Å². The van der Waals surface area contributed by atoms with Crippen LogP contribution in [0.5, 0.6) is 0 Å². The van der Waals surface area contributed by atoms with Crippen LogP contribution < -0.4 is 5.32 Å². The van der Waals surface area contributed by atoms with E-state index < -0.39 is 0 Å². The average Bonchev–Trinajstić information content (AvgIpc) is 2.68. The third kappa shape index (κ3) is 11.3. The molecule has 2 rings (SSSR count). The summed E-state index contributed by atoms with van der Waals surface area (Å²) >= 11 is 0. The first-order valence-electron chi connectivity index (χ1n) is 12.5. The Morgan fingerprint density at radius 1 is 0.862 bits per heavy atom. The number of nitrogens with one attached hydrogen (secondary N) is 1. The van der Waals surface area contributed by atoms with Gasteiger partial charge in [0.2, 0.25) is 5.91 Å². The number of allylic oxidation sites excluding steroid dienone is 1. The second kappa shape index (κ2) is 15.1. The molecule has 0 heterocycles. The van der Waals surface area contributed by atoms with Gasteiger partial charge in [-0.05, 0) is 18.8 Å². The predicted molar refractivity (Wildman–Crippen MR) is 124 cm³/mol. The Balaban J connectivity index is 1.65. The summed E-state index contributed by atoms with van der Waals surface area (Å²) in [7, 11) is 4.33. The molecule has 0 aromatic heterocycles. The Bertz CT molecular complexity index is 448. The molecule has 4 heteroatoms. The lowest BCUT2D eigenvalue weighted by Crippen LogP contribution is -2.26. The van der Waals surface area contributed by atoms with Crippen molar-refractivity contribution in [1.82, 2.24) is 5.32 Å². The maximum atomic E-state index is 11.6. The molecule has 0 spiro atoms. The molecule has 1 amide bonds. The number of amides is 1. The number of carbonyl (C=O) groups excluding carboxylic acids is 1. The number of hydrogen-bond acceptors (Lipinski definition) is 2. The van der Waals surface area contributed by atoms with E-state index in [0.29, 0.717) is 0 Å². The molecular formula is C25H45BNO2. The topological polar surface area (TPSA) is 38.3 Å². The highest BCUT2D eigenvalue weighted by Gasteiger charge is 2.21. The van der Waals surface area contributed by atoms with Crippen LogP contribution in [-0.4, -0.2) is 26.9 Å². The Morgan fingerprint density at radius 3 is 1.93 bits per heavy atom. The number of methoxy groups -OCH3 is 1. The minimum absolute atomic E-state index is 0.0888. The fourth-order valence-corrected chi connectivity index (χ4v) is 5.33. The van der Waals surface area contributed by atoms with Crippen LogP contribution in [0.2, 0.25) is 11.6 Å². The molecule has 1 N–H and O–H groups in total. The summed E-state index contributed by atoms with van der Waals surface area (Å²) in [5.74, 6) is 2.44. The zero-order valence-corrected chi connectivity index (χ0v) is 19.1. The van der Waals surface area contributed by atoms with Crippen molar-refractivity contribution in [1.29, 1.82) is 0 Å². The van der Waals surface area contributed by atoms with E-state index in [1.54, 1.807) is 7.11 Å². The molecule has 0 bridgehead atoms. The van der Waals surface area contributed by atoms with E-state index in [2.05, 4.69) is 19.2 Å². The number of carbonyl (C=O) groups is 1. The van der Waals surface area contributed by atoms with Crippen LogP contribution in [0.4, 0.5) is 0 Å². The lowest BCUT2D eigenvalue weighted by Gasteiger charge is -2.27. The maximum Gasteiger partial charge on any atom is 0.250 e. The van der Waals surface area contributed by atoms with Gasteiger partial charge in [-0.15, -0.1) is 0 Å². The minimum Gasteiger partial charge on any atom is -0.375 e. The largest absolute Gasteiger partial charge is 0.375 e. The van der Waals surface area contributed by atoms with Crippen molar-refractivity contribution in [3.63, 3.8) is 0 Å². The van der Waals surface area contributed by atoms with Crippen molar-refractivity contribution in [2.45, 2.75) is 121 Å². The lowest BCUT2D eigenvalue weighted by atomic mass is 9.49. The minimum atomic E-state index is -0.0888. The first-order valence-corrected chi connectivity index (χ1v) is 12.5. The molecule has 2 saturated carbocycles. The van der Waals surface area contributed by atoms with E-state index in [4.69, 9.17) is 4.74 Å². The summed E-state index contributed by atoms with van der Waals surface area (Å²) < 4.78 is 4.86. The molecule has 2 aliphatic rings. The van der Waals surface area contributed by atoms with Crippen LogP contribution in [-0.2, 0) is 9.53 Å². The van der Waals surface area contributed by atoms with Crippen LogP contribution in [0.3, 0.4) is 0 Å². The van der Waals surface area contributed by atoms with Crippen LogP contribution in [0.25, 0.3) is 0 Å². The summed E-state index contributed by atoms with van der Waals surface area (Å²) in [5, 5.41) is 2.86. The first kappa shape index (κ1) is 24.5. The van der Waals surface area contributed by atoms with E-state index in [1.165, 1.54) is 96.3 Å². The third-order valence-electron chi connectivity index (χ3n) is 7.01. The second-order valence-electron chi connectivity index (χ2n) is 9.62. The van der Waals surface area contributed by atoms with E-state index in [1.807, 2.05) is 0 Å². The summed E-state index contributed by atoms with van der Waals surface area (Å²) in [6.45, 7) is 4.13. The third-order valence-corrected chi connectivity index (χ3v) is 7.01. The Kier molecular flexibility index (Phi) is 12.8. The van der Waals surface area contributed by atoms with Crippen molar-refractivity contribution < 1.29 is 9.53 Å². The normalized spacial score (nSPS) is 25.4. The van der Waals surface area contributed by atoms with Crippen molar-refractivity contribution in [2.24, 2.45) is 5.92 Å². The molecule has 2 aliphatic carbocycles. The van der Waals surface area contributed by atoms with Crippen LogP contribution in [0.1, 0.15) is 109 Å². The summed E-state index contributed by atoms with van der Waals surface area (Å²) in [4.78, 5) is 11.6. The SMILES string of the molecule is C=C(CCC1CCCC([B]C2CCCCCCCCC2)CCC1)NC(=O)COC. The maximum absolute atomic E-state index is 11.6. The zero-order chi connectivity index (χ0) is 20.7. The van der Waals surface area contributed by atoms with Gasteiger partial charge in [0.15, 0.2) is 0 Å². The molecule has 3 nitrogen and oxygen atoms in total. The molecule has 165 valence electrons. The van der Waals surface area contributed by atoms with Gasteiger partial charge in [-0.2, -0.15) is 0 Å². The molecule has 0 aliphatic heterocycles. The van der Waals surface area contributed by atoms with Gasteiger partial charge >= 0.3 is 0 Å². The van der Waals surface area contributed by atoms with E-state index in [9.17, 15) is 4.79 Å². The fraction of sp³-hybridized carbons (Fsp3) is 0.880. The molecule has 1 radical (unpaired) electrons. The standard InChI is InChI=1S/C25H45BNO2/c1-21(27-25(28)20-29-2)18-19-22-12-10-16-24(17-11-13-22)26-23-14-8-6-4-3-5-7-9-15-23/h22-24H,1,3-20H2,2H3,(H,27,28). The average molecular weight is 402 g/mol. The first-order chi connectivity index (χ1) is 14.2. The van der Waals surface area contributed by atoms with Gasteiger partial charge in [-0.25, -0.2) is 0 Å². The number of ether oxygens (including phenoxy) is 1. The summed E-state index contributed by atoms with van der Waals surface area (Å²) in [5.41, 5.74) is 0.844. The molecule has 0 saturated heterocycles. The molecule has 0 unspecified atom stereocenters.